The number of aryl methyl sites for hydroxylation is 2. The van der Waals surface area contributed by atoms with Crippen LogP contribution >= 0.6 is 0 Å². The summed E-state index contributed by atoms with van der Waals surface area (Å²) in [5, 5.41) is 19.0. The van der Waals surface area contributed by atoms with Crippen molar-refractivity contribution in [3.8, 4) is 39.1 Å². The lowest BCUT2D eigenvalue weighted by Crippen LogP contribution is -2.15. The predicted molar refractivity (Wildman–Crippen MR) is 228 cm³/mol. The summed E-state index contributed by atoms with van der Waals surface area (Å²) >= 11 is 0. The summed E-state index contributed by atoms with van der Waals surface area (Å²) < 4.78 is 11.6. The Balaban J connectivity index is 1.32. The van der Waals surface area contributed by atoms with Gasteiger partial charge in [-0.1, -0.05) is 120 Å². The van der Waals surface area contributed by atoms with Gasteiger partial charge in [-0.05, 0) is 131 Å². The van der Waals surface area contributed by atoms with E-state index in [1.807, 2.05) is 6.07 Å². The first-order valence-corrected chi connectivity index (χ1v) is 20.9. The molecule has 1 aliphatic rings. The minimum atomic E-state index is -0.408. The van der Waals surface area contributed by atoms with E-state index in [1.54, 1.807) is 6.92 Å². The smallest absolute Gasteiger partial charge is 0.333 e. The van der Waals surface area contributed by atoms with E-state index in [-0.39, 0.29) is 25.7 Å². The molecule has 1 saturated carbocycles. The first-order chi connectivity index (χ1) is 26.8. The molecular formula is C50H64O5. The fourth-order valence-electron chi connectivity index (χ4n) is 8.13. The van der Waals surface area contributed by atoms with Crippen molar-refractivity contribution in [2.45, 2.75) is 111 Å². The third-order valence-corrected chi connectivity index (χ3v) is 11.7. The van der Waals surface area contributed by atoms with Gasteiger partial charge in [0, 0.05) is 31.1 Å². The van der Waals surface area contributed by atoms with Crippen LogP contribution in [0.25, 0.3) is 33.4 Å². The molecule has 294 valence electrons. The van der Waals surface area contributed by atoms with Gasteiger partial charge in [-0.2, -0.15) is 0 Å². The molecule has 0 amide bonds. The van der Waals surface area contributed by atoms with Crippen LogP contribution in [0, 0.1) is 11.8 Å². The largest absolute Gasteiger partial charge is 0.493 e. The van der Waals surface area contributed by atoms with Crippen LogP contribution in [0.4, 0.5) is 0 Å². The number of aliphatic hydroxyl groups is 2. The number of hydrogen-bond donors (Lipinski definition) is 2. The number of unbranched alkanes of at least 4 members (excludes halogenated alkanes) is 2. The molecule has 0 aliphatic heterocycles. The van der Waals surface area contributed by atoms with E-state index in [9.17, 15) is 15.0 Å². The molecule has 55 heavy (non-hydrogen) atoms. The number of carbonyl (C=O) groups is 1. The standard InChI is InChI=1S/C50H64O5/c1-6-9-10-11-36-12-14-40(15-13-36)41-16-18-42(19-17-41)47-23-20-43(30-38(47)7-2)44-21-24-48(39(8-3)31-44)45-22-25-49(54-28-26-37(33-51)34-52)46(32-45)27-29-55-50(53)35(4)5/h16-25,30-32,36-37,40,51-52H,4,6-15,26-29,33-34H2,1-3,5H3. The highest BCUT2D eigenvalue weighted by Gasteiger charge is 2.22. The number of benzene rings is 4. The number of ether oxygens (including phenoxy) is 2. The maximum absolute atomic E-state index is 12.1. The molecule has 0 atom stereocenters. The molecule has 0 heterocycles. The second-order valence-corrected chi connectivity index (χ2v) is 15.6. The van der Waals surface area contributed by atoms with Crippen molar-refractivity contribution < 1.29 is 24.5 Å². The zero-order valence-electron chi connectivity index (χ0n) is 33.9. The first kappa shape index (κ1) is 42.0. The quantitative estimate of drug-likeness (QED) is 0.0535. The number of esters is 1. The van der Waals surface area contributed by atoms with Crippen molar-refractivity contribution in [2.24, 2.45) is 11.8 Å². The Morgan fingerprint density at radius 3 is 1.89 bits per heavy atom. The van der Waals surface area contributed by atoms with Crippen LogP contribution in [0.15, 0.2) is 91.0 Å². The molecule has 0 bridgehead atoms. The summed E-state index contributed by atoms with van der Waals surface area (Å²) in [4.78, 5) is 12.1. The lowest BCUT2D eigenvalue weighted by atomic mass is 9.77. The number of rotatable bonds is 20. The number of aliphatic hydroxyl groups excluding tert-OH is 2. The van der Waals surface area contributed by atoms with Crippen LogP contribution in [0.5, 0.6) is 5.75 Å². The Morgan fingerprint density at radius 2 is 1.31 bits per heavy atom. The predicted octanol–water partition coefficient (Wildman–Crippen LogP) is 11.7. The molecule has 0 unspecified atom stereocenters. The summed E-state index contributed by atoms with van der Waals surface area (Å²) in [7, 11) is 0. The lowest BCUT2D eigenvalue weighted by Gasteiger charge is -2.29. The highest BCUT2D eigenvalue weighted by atomic mass is 16.5. The van der Waals surface area contributed by atoms with Crippen molar-refractivity contribution in [2.75, 3.05) is 26.4 Å². The van der Waals surface area contributed by atoms with Crippen LogP contribution in [0.3, 0.4) is 0 Å². The molecular weight excluding hydrogens is 681 g/mol. The molecule has 4 aromatic rings. The molecule has 0 saturated heterocycles. The van der Waals surface area contributed by atoms with Crippen molar-refractivity contribution in [3.05, 3.63) is 113 Å². The molecule has 0 spiro atoms. The molecule has 4 aromatic carbocycles. The van der Waals surface area contributed by atoms with E-state index in [0.29, 0.717) is 36.7 Å². The van der Waals surface area contributed by atoms with Gasteiger partial charge >= 0.3 is 5.97 Å². The SMILES string of the molecule is C=C(C)C(=O)OCCc1cc(-c2ccc(-c3ccc(-c4ccc(C5CCC(CCCCC)CC5)cc4)c(CC)c3)cc2CC)ccc1OCCC(CO)CO. The summed E-state index contributed by atoms with van der Waals surface area (Å²) in [6.45, 7) is 12.5. The van der Waals surface area contributed by atoms with Crippen LogP contribution < -0.4 is 4.74 Å². The van der Waals surface area contributed by atoms with Crippen LogP contribution in [-0.2, 0) is 28.8 Å². The molecule has 0 radical (unpaired) electrons. The van der Waals surface area contributed by atoms with Gasteiger partial charge in [0.2, 0.25) is 0 Å². The Bertz CT molecular complexity index is 1830. The summed E-state index contributed by atoms with van der Waals surface area (Å²) in [5.74, 6) is 1.72. The van der Waals surface area contributed by atoms with E-state index >= 15 is 0 Å². The number of carbonyl (C=O) groups excluding carboxylic acids is 1. The Hall–Kier alpha value is -4.19. The monoisotopic (exact) mass is 744 g/mol. The van der Waals surface area contributed by atoms with Gasteiger partial charge in [0.15, 0.2) is 0 Å². The normalized spacial score (nSPS) is 15.6. The van der Waals surface area contributed by atoms with Crippen molar-refractivity contribution in [1.82, 2.24) is 0 Å². The minimum absolute atomic E-state index is 0.0873. The summed E-state index contributed by atoms with van der Waals surface area (Å²) in [6.07, 6.45) is 13.8. The maximum atomic E-state index is 12.1. The van der Waals surface area contributed by atoms with Gasteiger partial charge in [0.1, 0.15) is 5.75 Å². The Morgan fingerprint density at radius 1 is 0.727 bits per heavy atom. The molecule has 1 aliphatic carbocycles. The highest BCUT2D eigenvalue weighted by Crippen LogP contribution is 2.39. The van der Waals surface area contributed by atoms with Gasteiger partial charge in [0.25, 0.3) is 0 Å². The van der Waals surface area contributed by atoms with Crippen LogP contribution in [0.1, 0.15) is 114 Å². The van der Waals surface area contributed by atoms with Crippen molar-refractivity contribution >= 4 is 5.97 Å². The maximum Gasteiger partial charge on any atom is 0.333 e. The number of hydrogen-bond acceptors (Lipinski definition) is 5. The molecule has 5 heteroatoms. The third kappa shape index (κ3) is 11.4. The Labute approximate surface area is 330 Å². The highest BCUT2D eigenvalue weighted by molar-refractivity contribution is 5.87. The van der Waals surface area contributed by atoms with Crippen molar-refractivity contribution in [3.63, 3.8) is 0 Å². The van der Waals surface area contributed by atoms with E-state index in [0.717, 1.165) is 35.4 Å². The lowest BCUT2D eigenvalue weighted by molar-refractivity contribution is -0.138. The summed E-state index contributed by atoms with van der Waals surface area (Å²) in [5.41, 5.74) is 12.7. The second kappa shape index (κ2) is 21.2. The van der Waals surface area contributed by atoms with Gasteiger partial charge < -0.3 is 19.7 Å². The van der Waals surface area contributed by atoms with E-state index < -0.39 is 5.97 Å². The zero-order chi connectivity index (χ0) is 39.2. The summed E-state index contributed by atoms with van der Waals surface area (Å²) in [6, 6.07) is 29.4. The van der Waals surface area contributed by atoms with Gasteiger partial charge in [0.05, 0.1) is 13.2 Å². The van der Waals surface area contributed by atoms with Gasteiger partial charge in [-0.25, -0.2) is 4.79 Å². The van der Waals surface area contributed by atoms with Crippen LogP contribution in [-0.4, -0.2) is 42.6 Å². The van der Waals surface area contributed by atoms with Crippen LogP contribution in [0.2, 0.25) is 0 Å². The second-order valence-electron chi connectivity index (χ2n) is 15.6. The van der Waals surface area contributed by atoms with Gasteiger partial charge in [-0.3, -0.25) is 0 Å². The minimum Gasteiger partial charge on any atom is -0.493 e. The first-order valence-electron chi connectivity index (χ1n) is 20.9. The van der Waals surface area contributed by atoms with E-state index in [1.165, 1.54) is 90.3 Å². The fraction of sp³-hybridized carbons (Fsp3) is 0.460. The molecule has 5 rings (SSSR count). The fourth-order valence-corrected chi connectivity index (χ4v) is 8.13. The average Bonchev–Trinajstić information content (AvgIpc) is 3.22. The van der Waals surface area contributed by atoms with Crippen molar-refractivity contribution in [1.29, 1.82) is 0 Å². The average molecular weight is 745 g/mol. The Kier molecular flexibility index (Phi) is 16.2. The molecule has 5 nitrogen and oxygen atoms in total. The third-order valence-electron chi connectivity index (χ3n) is 11.7. The van der Waals surface area contributed by atoms with E-state index in [2.05, 4.69) is 100 Å². The molecule has 0 aromatic heterocycles. The molecule has 1 fully saturated rings. The molecule has 2 N–H and O–H groups in total. The van der Waals surface area contributed by atoms with Gasteiger partial charge in [-0.15, -0.1) is 0 Å². The topological polar surface area (TPSA) is 76.0 Å². The van der Waals surface area contributed by atoms with E-state index in [4.69, 9.17) is 9.47 Å². The zero-order valence-corrected chi connectivity index (χ0v) is 33.9.